The smallest absolute Gasteiger partial charge is 0.323 e. The van der Waals surface area contributed by atoms with E-state index in [2.05, 4.69) is 26.9 Å². The van der Waals surface area contributed by atoms with E-state index in [1.807, 2.05) is 6.07 Å². The molecule has 218 valence electrons. The molecule has 2 heterocycles. The summed E-state index contributed by atoms with van der Waals surface area (Å²) in [5.74, 6) is 10.2. The molecule has 1 unspecified atom stereocenters. The molecule has 4 rings (SSSR count). The van der Waals surface area contributed by atoms with Crippen LogP contribution >= 0.6 is 0 Å². The van der Waals surface area contributed by atoms with E-state index >= 15 is 8.78 Å². The van der Waals surface area contributed by atoms with E-state index in [1.54, 1.807) is 42.6 Å². The Morgan fingerprint density at radius 2 is 1.70 bits per heavy atom. The highest BCUT2D eigenvalue weighted by molar-refractivity contribution is 5.54. The molecular weight excluding hydrogens is 566 g/mol. The number of rotatable bonds is 9. The third-order valence-electron chi connectivity index (χ3n) is 6.16. The lowest BCUT2D eigenvalue weighted by Gasteiger charge is -2.37. The first kappa shape index (κ1) is 30.5. The van der Waals surface area contributed by atoms with Gasteiger partial charge in [-0.3, -0.25) is 9.99 Å². The van der Waals surface area contributed by atoms with Crippen molar-refractivity contribution in [2.45, 2.75) is 18.1 Å². The zero-order valence-electron chi connectivity index (χ0n) is 22.3. The Hall–Kier alpha value is -5.50. The molecule has 0 aliphatic rings. The maximum absolute atomic E-state index is 15.8. The summed E-state index contributed by atoms with van der Waals surface area (Å²) >= 11 is 0. The van der Waals surface area contributed by atoms with E-state index in [9.17, 15) is 13.9 Å². The summed E-state index contributed by atoms with van der Waals surface area (Å²) in [5, 5.41) is 23.6. The largest absolute Gasteiger partial charge is 0.489 e. The molecule has 0 aliphatic carbocycles. The Bertz CT molecular complexity index is 1700. The van der Waals surface area contributed by atoms with Crippen molar-refractivity contribution in [3.63, 3.8) is 0 Å². The number of hydrazone groups is 1. The molecular formula is C30H23F4N7O2. The van der Waals surface area contributed by atoms with Crippen molar-refractivity contribution >= 4 is 6.34 Å². The molecule has 43 heavy (non-hydrogen) atoms. The number of nitriles is 1. The second kappa shape index (κ2) is 13.0. The van der Waals surface area contributed by atoms with E-state index in [1.165, 1.54) is 6.07 Å². The van der Waals surface area contributed by atoms with E-state index in [-0.39, 0.29) is 12.2 Å². The summed E-state index contributed by atoms with van der Waals surface area (Å²) in [6, 6.07) is 16.1. The molecule has 0 bridgehead atoms. The van der Waals surface area contributed by atoms with Crippen molar-refractivity contribution < 1.29 is 27.4 Å². The van der Waals surface area contributed by atoms with Crippen LogP contribution in [0.2, 0.25) is 0 Å². The van der Waals surface area contributed by atoms with Crippen molar-refractivity contribution in [2.75, 3.05) is 6.54 Å². The van der Waals surface area contributed by atoms with Crippen LogP contribution in [-0.4, -0.2) is 33.0 Å². The number of hydrogen-bond acceptors (Lipinski definition) is 8. The van der Waals surface area contributed by atoms with Crippen molar-refractivity contribution in [2.24, 2.45) is 16.8 Å². The third kappa shape index (κ3) is 7.05. The fourth-order valence-electron chi connectivity index (χ4n) is 3.96. The average Bonchev–Trinajstić information content (AvgIpc) is 3.00. The first-order chi connectivity index (χ1) is 20.6. The van der Waals surface area contributed by atoms with Gasteiger partial charge in [0, 0.05) is 40.7 Å². The number of ether oxygens (including phenoxy) is 1. The summed E-state index contributed by atoms with van der Waals surface area (Å²) in [4.78, 5) is 7.75. The van der Waals surface area contributed by atoms with E-state index in [4.69, 9.17) is 21.7 Å². The average molecular weight is 590 g/mol. The van der Waals surface area contributed by atoms with Gasteiger partial charge in [-0.2, -0.15) is 19.1 Å². The van der Waals surface area contributed by atoms with Gasteiger partial charge < -0.3 is 15.7 Å². The maximum Gasteiger partial charge on any atom is 0.323 e. The van der Waals surface area contributed by atoms with Crippen LogP contribution in [0.15, 0.2) is 84.2 Å². The molecule has 13 heteroatoms. The lowest BCUT2D eigenvalue weighted by molar-refractivity contribution is -0.203. The molecule has 0 radical (unpaired) electrons. The number of alkyl halides is 2. The molecule has 1 atom stereocenters. The van der Waals surface area contributed by atoms with Gasteiger partial charge in [-0.1, -0.05) is 17.9 Å². The van der Waals surface area contributed by atoms with Crippen molar-refractivity contribution in [1.82, 2.24) is 15.0 Å². The van der Waals surface area contributed by atoms with Crippen LogP contribution in [0.5, 0.6) is 5.75 Å². The van der Waals surface area contributed by atoms with Crippen LogP contribution < -0.4 is 16.4 Å². The predicted octanol–water partition coefficient (Wildman–Crippen LogP) is 3.66. The number of pyridine rings is 2. The van der Waals surface area contributed by atoms with Gasteiger partial charge in [0.25, 0.3) is 0 Å². The number of hydrazine groups is 1. The van der Waals surface area contributed by atoms with Crippen LogP contribution in [0.1, 0.15) is 33.6 Å². The lowest BCUT2D eigenvalue weighted by atomic mass is 9.84. The monoisotopic (exact) mass is 589 g/mol. The Morgan fingerprint density at radius 1 is 0.977 bits per heavy atom. The molecule has 0 amide bonds. The lowest BCUT2D eigenvalue weighted by Crippen LogP contribution is -2.53. The van der Waals surface area contributed by atoms with Gasteiger partial charge >= 0.3 is 5.92 Å². The minimum atomic E-state index is -4.22. The van der Waals surface area contributed by atoms with Crippen LogP contribution in [-0.2, 0) is 18.1 Å². The Balaban J connectivity index is 1.50. The molecule has 9 nitrogen and oxygen atoms in total. The standard InChI is InChI=1S/C30H23F4N7O2/c31-23-7-11-26(27(32)13-23)29(42,18-41(37)19-40-36)30(33,34)28-12-6-21(15-39-28)2-1-20-4-9-25(10-5-20)43-17-22-3-8-24(14-35)38-16-22/h3-13,15-16,19,42H,17-18,36-37H2/b40-19-. The molecule has 0 saturated carbocycles. The summed E-state index contributed by atoms with van der Waals surface area (Å²) in [6.45, 7) is -0.824. The van der Waals surface area contributed by atoms with Gasteiger partial charge in [-0.25, -0.2) is 19.6 Å². The first-order valence-electron chi connectivity index (χ1n) is 12.4. The van der Waals surface area contributed by atoms with Crippen LogP contribution in [0.4, 0.5) is 17.6 Å². The van der Waals surface area contributed by atoms with Crippen molar-refractivity contribution in [1.29, 1.82) is 5.26 Å². The Labute approximate surface area is 243 Å². The second-order valence-electron chi connectivity index (χ2n) is 9.15. The van der Waals surface area contributed by atoms with Crippen LogP contribution in [0.25, 0.3) is 0 Å². The molecule has 5 N–H and O–H groups in total. The topological polar surface area (TPSA) is 147 Å². The zero-order chi connectivity index (χ0) is 31.0. The quantitative estimate of drug-likeness (QED) is 0.0670. The van der Waals surface area contributed by atoms with Crippen LogP contribution in [0, 0.1) is 34.8 Å². The number of aliphatic hydroxyl groups is 1. The summed E-state index contributed by atoms with van der Waals surface area (Å²) in [6.07, 6.45) is 3.38. The minimum absolute atomic E-state index is 0.249. The van der Waals surface area contributed by atoms with Crippen molar-refractivity contribution in [3.05, 3.63) is 124 Å². The van der Waals surface area contributed by atoms with Gasteiger partial charge in [0.05, 0.1) is 6.54 Å². The van der Waals surface area contributed by atoms with Crippen LogP contribution in [0.3, 0.4) is 0 Å². The van der Waals surface area contributed by atoms with Gasteiger partial charge in [-0.15, -0.1) is 0 Å². The molecule has 0 saturated heterocycles. The highest BCUT2D eigenvalue weighted by Gasteiger charge is 2.58. The number of hydrogen-bond donors (Lipinski definition) is 3. The third-order valence-corrected chi connectivity index (χ3v) is 6.16. The molecule has 0 spiro atoms. The highest BCUT2D eigenvalue weighted by atomic mass is 19.3. The number of aromatic nitrogens is 2. The minimum Gasteiger partial charge on any atom is -0.489 e. The van der Waals surface area contributed by atoms with Gasteiger partial charge in [0.15, 0.2) is 5.60 Å². The number of nitrogens with two attached hydrogens (primary N) is 2. The van der Waals surface area contributed by atoms with Gasteiger partial charge in [0.1, 0.15) is 47.8 Å². The molecule has 2 aromatic heterocycles. The highest BCUT2D eigenvalue weighted by Crippen LogP contribution is 2.45. The fourth-order valence-corrected chi connectivity index (χ4v) is 3.96. The molecule has 0 fully saturated rings. The number of benzene rings is 2. The Morgan fingerprint density at radius 3 is 2.30 bits per heavy atom. The Kier molecular flexibility index (Phi) is 9.20. The normalized spacial score (nSPS) is 12.6. The number of nitrogens with zero attached hydrogens (tertiary/aromatic N) is 5. The van der Waals surface area contributed by atoms with Gasteiger partial charge in [0.2, 0.25) is 0 Å². The van der Waals surface area contributed by atoms with E-state index in [0.717, 1.165) is 30.2 Å². The molecule has 0 aliphatic heterocycles. The van der Waals surface area contributed by atoms with Crippen molar-refractivity contribution in [3.8, 4) is 23.7 Å². The SMILES string of the molecule is N#Cc1ccc(COc2ccc(C#Cc3ccc(C(F)(F)C(O)(CN(N)/C=N\N)c4ccc(F)cc4F)nc3)cc2)cn1. The van der Waals surface area contributed by atoms with Gasteiger partial charge in [-0.05, 0) is 54.6 Å². The fraction of sp³-hybridized carbons (Fsp3) is 0.133. The summed E-state index contributed by atoms with van der Waals surface area (Å²) in [7, 11) is 0. The predicted molar refractivity (Wildman–Crippen MR) is 148 cm³/mol. The molecule has 4 aromatic rings. The first-order valence-corrected chi connectivity index (χ1v) is 12.4. The maximum atomic E-state index is 15.8. The molecule has 2 aromatic carbocycles. The summed E-state index contributed by atoms with van der Waals surface area (Å²) < 4.78 is 65.4. The van der Waals surface area contributed by atoms with E-state index in [0.29, 0.717) is 34.1 Å². The number of halogens is 4. The van der Waals surface area contributed by atoms with E-state index < -0.39 is 41.0 Å². The zero-order valence-corrected chi connectivity index (χ0v) is 22.3. The second-order valence-corrected chi connectivity index (χ2v) is 9.15. The summed E-state index contributed by atoms with van der Waals surface area (Å²) in [5.41, 5.74) is -3.15.